The van der Waals surface area contributed by atoms with Gasteiger partial charge >= 0.3 is 0 Å². The van der Waals surface area contributed by atoms with Crippen molar-refractivity contribution in [2.45, 2.75) is 33.3 Å². The summed E-state index contributed by atoms with van der Waals surface area (Å²) >= 11 is 0. The van der Waals surface area contributed by atoms with Gasteiger partial charge in [0.25, 0.3) is 0 Å². The van der Waals surface area contributed by atoms with Gasteiger partial charge in [-0.05, 0) is 25.7 Å². The first kappa shape index (κ1) is 10.4. The molecule has 3 nitrogen and oxygen atoms in total. The van der Waals surface area contributed by atoms with Gasteiger partial charge in [-0.3, -0.25) is 9.59 Å². The monoisotopic (exact) mass is 184 g/mol. The van der Waals surface area contributed by atoms with Crippen molar-refractivity contribution in [3.63, 3.8) is 0 Å². The van der Waals surface area contributed by atoms with Crippen LogP contribution in [-0.4, -0.2) is 22.8 Å². The summed E-state index contributed by atoms with van der Waals surface area (Å²) in [5.41, 5.74) is 0. The standard InChI is InChI=1S/C10H16O3/c1-5(11)4-8(13)10-6(2)9(10)7(3)12/h6,8-10,13H,4H2,1-3H3. The Morgan fingerprint density at radius 2 is 1.92 bits per heavy atom. The molecule has 3 heteroatoms. The van der Waals surface area contributed by atoms with Gasteiger partial charge < -0.3 is 5.11 Å². The molecular weight excluding hydrogens is 168 g/mol. The molecule has 0 bridgehead atoms. The number of carbonyl (C=O) groups is 2. The quantitative estimate of drug-likeness (QED) is 0.703. The van der Waals surface area contributed by atoms with Crippen molar-refractivity contribution in [2.24, 2.45) is 17.8 Å². The summed E-state index contributed by atoms with van der Waals surface area (Å²) in [6, 6.07) is 0. The molecule has 0 spiro atoms. The fraction of sp³-hybridized carbons (Fsp3) is 0.800. The minimum atomic E-state index is -0.624. The van der Waals surface area contributed by atoms with E-state index in [0.717, 1.165) is 0 Å². The van der Waals surface area contributed by atoms with Crippen LogP contribution >= 0.6 is 0 Å². The molecule has 1 saturated carbocycles. The highest BCUT2D eigenvalue weighted by molar-refractivity contribution is 5.82. The van der Waals surface area contributed by atoms with E-state index in [4.69, 9.17) is 0 Å². The lowest BCUT2D eigenvalue weighted by Gasteiger charge is -2.06. The highest BCUT2D eigenvalue weighted by Gasteiger charge is 2.53. The van der Waals surface area contributed by atoms with Gasteiger partial charge in [0.1, 0.15) is 11.6 Å². The van der Waals surface area contributed by atoms with E-state index in [-0.39, 0.29) is 35.7 Å². The van der Waals surface area contributed by atoms with Crippen molar-refractivity contribution >= 4 is 11.6 Å². The second-order valence-corrected chi connectivity index (χ2v) is 4.05. The number of aliphatic hydroxyl groups is 1. The highest BCUT2D eigenvalue weighted by atomic mass is 16.3. The minimum Gasteiger partial charge on any atom is -0.392 e. The Bertz CT molecular complexity index is 234. The number of carbonyl (C=O) groups excluding carboxylic acids is 2. The molecule has 1 rings (SSSR count). The first-order valence-electron chi connectivity index (χ1n) is 4.63. The second kappa shape index (κ2) is 3.58. The molecule has 0 heterocycles. The first-order valence-corrected chi connectivity index (χ1v) is 4.63. The maximum atomic E-state index is 11.0. The van der Waals surface area contributed by atoms with Crippen molar-refractivity contribution < 1.29 is 14.7 Å². The average molecular weight is 184 g/mol. The second-order valence-electron chi connectivity index (χ2n) is 4.05. The molecule has 0 aromatic rings. The molecule has 74 valence electrons. The molecule has 13 heavy (non-hydrogen) atoms. The molecule has 0 radical (unpaired) electrons. The van der Waals surface area contributed by atoms with Crippen molar-refractivity contribution in [3.05, 3.63) is 0 Å². The van der Waals surface area contributed by atoms with Gasteiger partial charge in [-0.1, -0.05) is 6.92 Å². The van der Waals surface area contributed by atoms with E-state index in [1.54, 1.807) is 6.92 Å². The summed E-state index contributed by atoms with van der Waals surface area (Å²) < 4.78 is 0. The molecule has 0 aliphatic heterocycles. The molecule has 0 aromatic carbocycles. The van der Waals surface area contributed by atoms with E-state index in [1.165, 1.54) is 6.92 Å². The summed E-state index contributed by atoms with van der Waals surface area (Å²) in [5.74, 6) is 0.344. The molecular formula is C10H16O3. The zero-order valence-corrected chi connectivity index (χ0v) is 8.28. The molecule has 1 aliphatic carbocycles. The lowest BCUT2D eigenvalue weighted by Crippen LogP contribution is -2.16. The Balaban J connectivity index is 2.47. The summed E-state index contributed by atoms with van der Waals surface area (Å²) in [6.07, 6.45) is -0.444. The number of aliphatic hydroxyl groups excluding tert-OH is 1. The van der Waals surface area contributed by atoms with Crippen LogP contribution in [0.5, 0.6) is 0 Å². The van der Waals surface area contributed by atoms with E-state index in [2.05, 4.69) is 0 Å². The Kier molecular flexibility index (Phi) is 2.86. The van der Waals surface area contributed by atoms with Gasteiger partial charge in [0.05, 0.1) is 6.10 Å². The van der Waals surface area contributed by atoms with Crippen LogP contribution in [0.3, 0.4) is 0 Å². The zero-order valence-electron chi connectivity index (χ0n) is 8.28. The Morgan fingerprint density at radius 1 is 1.38 bits per heavy atom. The van der Waals surface area contributed by atoms with Crippen LogP contribution in [0.15, 0.2) is 0 Å². The van der Waals surface area contributed by atoms with Gasteiger partial charge in [0, 0.05) is 12.3 Å². The summed E-state index contributed by atoms with van der Waals surface area (Å²) in [7, 11) is 0. The van der Waals surface area contributed by atoms with E-state index in [1.807, 2.05) is 6.92 Å². The molecule has 0 saturated heterocycles. The molecule has 1 aliphatic rings. The topological polar surface area (TPSA) is 54.4 Å². The van der Waals surface area contributed by atoms with E-state index in [0.29, 0.717) is 0 Å². The van der Waals surface area contributed by atoms with Crippen LogP contribution in [0.1, 0.15) is 27.2 Å². The van der Waals surface area contributed by atoms with E-state index >= 15 is 0 Å². The van der Waals surface area contributed by atoms with Gasteiger partial charge in [-0.25, -0.2) is 0 Å². The molecule has 0 aromatic heterocycles. The third kappa shape index (κ3) is 2.15. The Morgan fingerprint density at radius 3 is 2.23 bits per heavy atom. The Labute approximate surface area is 78.1 Å². The van der Waals surface area contributed by atoms with Gasteiger partial charge in [0.2, 0.25) is 0 Å². The highest BCUT2D eigenvalue weighted by Crippen LogP contribution is 2.49. The number of hydrogen-bond acceptors (Lipinski definition) is 3. The molecule has 4 unspecified atom stereocenters. The maximum absolute atomic E-state index is 11.0. The van der Waals surface area contributed by atoms with Gasteiger partial charge in [0.15, 0.2) is 0 Å². The number of rotatable bonds is 4. The lowest BCUT2D eigenvalue weighted by molar-refractivity contribution is -0.121. The molecule has 1 N–H and O–H groups in total. The Hall–Kier alpha value is -0.700. The summed E-state index contributed by atoms with van der Waals surface area (Å²) in [6.45, 7) is 4.95. The largest absolute Gasteiger partial charge is 0.392 e. The fourth-order valence-electron chi connectivity index (χ4n) is 2.16. The number of Topliss-reactive ketones (excluding diaryl/α,β-unsaturated/α-hetero) is 2. The van der Waals surface area contributed by atoms with Crippen LogP contribution in [0.4, 0.5) is 0 Å². The summed E-state index contributed by atoms with van der Waals surface area (Å²) in [4.78, 5) is 21.7. The van der Waals surface area contributed by atoms with Crippen LogP contribution in [0.2, 0.25) is 0 Å². The third-order valence-corrected chi connectivity index (χ3v) is 2.86. The SMILES string of the molecule is CC(=O)CC(O)C1C(C)C1C(C)=O. The van der Waals surface area contributed by atoms with Crippen molar-refractivity contribution in [1.29, 1.82) is 0 Å². The molecule has 0 amide bonds. The predicted molar refractivity (Wildman–Crippen MR) is 48.1 cm³/mol. The van der Waals surface area contributed by atoms with Crippen molar-refractivity contribution in [3.8, 4) is 0 Å². The van der Waals surface area contributed by atoms with Gasteiger partial charge in [-0.2, -0.15) is 0 Å². The smallest absolute Gasteiger partial charge is 0.133 e. The van der Waals surface area contributed by atoms with Crippen molar-refractivity contribution in [1.82, 2.24) is 0 Å². The number of hydrogen-bond donors (Lipinski definition) is 1. The maximum Gasteiger partial charge on any atom is 0.133 e. The minimum absolute atomic E-state index is 0.0152. The van der Waals surface area contributed by atoms with Crippen molar-refractivity contribution in [2.75, 3.05) is 0 Å². The van der Waals surface area contributed by atoms with Crippen LogP contribution in [-0.2, 0) is 9.59 Å². The normalized spacial score (nSPS) is 34.0. The average Bonchev–Trinajstić information content (AvgIpc) is 2.59. The zero-order chi connectivity index (χ0) is 10.2. The molecule has 4 atom stereocenters. The lowest BCUT2D eigenvalue weighted by atomic mass is 10.1. The van der Waals surface area contributed by atoms with Crippen LogP contribution in [0.25, 0.3) is 0 Å². The van der Waals surface area contributed by atoms with Crippen LogP contribution in [0, 0.1) is 17.8 Å². The van der Waals surface area contributed by atoms with Gasteiger partial charge in [-0.15, -0.1) is 0 Å². The predicted octanol–water partition coefficient (Wildman–Crippen LogP) is 0.797. The number of ketones is 2. The van der Waals surface area contributed by atoms with Crippen LogP contribution < -0.4 is 0 Å². The first-order chi connectivity index (χ1) is 5.95. The van der Waals surface area contributed by atoms with E-state index < -0.39 is 6.10 Å². The van der Waals surface area contributed by atoms with E-state index in [9.17, 15) is 14.7 Å². The fourth-order valence-corrected chi connectivity index (χ4v) is 2.16. The molecule has 1 fully saturated rings. The summed E-state index contributed by atoms with van der Waals surface area (Å²) in [5, 5.41) is 9.58. The third-order valence-electron chi connectivity index (χ3n) is 2.86.